The molecule has 1 N–H and O–H groups in total. The fraction of sp³-hybridized carbons (Fsp3) is 0.292. The molecular formula is C24H22F2N6O2. The van der Waals surface area contributed by atoms with Crippen LogP contribution in [0.3, 0.4) is 0 Å². The number of piperidine rings is 1. The lowest BCUT2D eigenvalue weighted by Crippen LogP contribution is -2.39. The van der Waals surface area contributed by atoms with Crippen molar-refractivity contribution >= 4 is 17.1 Å². The number of H-pyrrole nitrogens is 1. The van der Waals surface area contributed by atoms with E-state index in [4.69, 9.17) is 0 Å². The van der Waals surface area contributed by atoms with Gasteiger partial charge in [-0.05, 0) is 48.2 Å². The van der Waals surface area contributed by atoms with Gasteiger partial charge in [0.25, 0.3) is 5.56 Å². The molecule has 1 aliphatic heterocycles. The lowest BCUT2D eigenvalue weighted by Gasteiger charge is -2.31. The Balaban J connectivity index is 1.29. The van der Waals surface area contributed by atoms with Crippen LogP contribution in [-0.4, -0.2) is 48.9 Å². The number of aromatic nitrogens is 5. The maximum Gasteiger partial charge on any atom is 0.281 e. The van der Waals surface area contributed by atoms with E-state index in [-0.39, 0.29) is 41.0 Å². The molecule has 0 aliphatic carbocycles. The quantitative estimate of drug-likeness (QED) is 0.490. The minimum absolute atomic E-state index is 0.0106. The normalized spacial score (nSPS) is 14.6. The number of nitrogens with zero attached hydrogens (tertiary/aromatic N) is 5. The van der Waals surface area contributed by atoms with Crippen molar-refractivity contribution < 1.29 is 13.6 Å². The molecule has 1 fully saturated rings. The van der Waals surface area contributed by atoms with Crippen LogP contribution in [0, 0.1) is 11.6 Å². The number of fused-ring (bicyclic) bond motifs is 1. The molecule has 0 atom stereocenters. The van der Waals surface area contributed by atoms with Gasteiger partial charge in [-0.3, -0.25) is 9.59 Å². The van der Waals surface area contributed by atoms with Gasteiger partial charge in [0, 0.05) is 19.0 Å². The summed E-state index contributed by atoms with van der Waals surface area (Å²) >= 11 is 0. The Kier molecular flexibility index (Phi) is 5.87. The van der Waals surface area contributed by atoms with Crippen molar-refractivity contribution in [1.29, 1.82) is 0 Å². The van der Waals surface area contributed by atoms with Crippen LogP contribution < -0.4 is 5.56 Å². The molecule has 3 heterocycles. The summed E-state index contributed by atoms with van der Waals surface area (Å²) in [5, 5.41) is 8.01. The second kappa shape index (κ2) is 9.12. The lowest BCUT2D eigenvalue weighted by molar-refractivity contribution is -0.131. The van der Waals surface area contributed by atoms with Gasteiger partial charge in [-0.1, -0.05) is 29.5 Å². The summed E-state index contributed by atoms with van der Waals surface area (Å²) in [7, 11) is 0. The van der Waals surface area contributed by atoms with Crippen molar-refractivity contribution in [3.05, 3.63) is 87.5 Å². The van der Waals surface area contributed by atoms with Gasteiger partial charge >= 0.3 is 0 Å². The van der Waals surface area contributed by atoms with E-state index in [1.807, 2.05) is 0 Å². The van der Waals surface area contributed by atoms with Crippen LogP contribution in [0.5, 0.6) is 0 Å². The average Bonchev–Trinajstić information content (AvgIpc) is 3.25. The van der Waals surface area contributed by atoms with Gasteiger partial charge in [-0.15, -0.1) is 5.10 Å². The monoisotopic (exact) mass is 464 g/mol. The average molecular weight is 464 g/mol. The first-order valence-electron chi connectivity index (χ1n) is 11.1. The molecule has 0 radical (unpaired) electrons. The molecular weight excluding hydrogens is 442 g/mol. The molecule has 4 aromatic rings. The third kappa shape index (κ3) is 4.57. The highest BCUT2D eigenvalue weighted by atomic mass is 19.1. The van der Waals surface area contributed by atoms with Crippen molar-refractivity contribution in [3.8, 4) is 0 Å². The van der Waals surface area contributed by atoms with E-state index in [9.17, 15) is 18.4 Å². The zero-order valence-corrected chi connectivity index (χ0v) is 18.2. The topological polar surface area (TPSA) is 96.8 Å². The molecule has 10 heteroatoms. The highest BCUT2D eigenvalue weighted by Gasteiger charge is 2.26. The van der Waals surface area contributed by atoms with Gasteiger partial charge in [-0.25, -0.2) is 18.4 Å². The maximum atomic E-state index is 13.2. The Morgan fingerprint density at radius 3 is 2.24 bits per heavy atom. The third-order valence-electron chi connectivity index (χ3n) is 6.14. The van der Waals surface area contributed by atoms with Gasteiger partial charge in [0.1, 0.15) is 17.5 Å². The molecule has 1 saturated heterocycles. The van der Waals surface area contributed by atoms with Crippen molar-refractivity contribution in [3.63, 3.8) is 0 Å². The van der Waals surface area contributed by atoms with Crippen LogP contribution in [0.15, 0.2) is 53.3 Å². The van der Waals surface area contributed by atoms with Crippen molar-refractivity contribution in [2.24, 2.45) is 0 Å². The van der Waals surface area contributed by atoms with Crippen LogP contribution in [0.25, 0.3) is 11.2 Å². The maximum absolute atomic E-state index is 13.2. The second-order valence-electron chi connectivity index (χ2n) is 8.46. The lowest BCUT2D eigenvalue weighted by atomic mass is 9.95. The molecule has 0 spiro atoms. The number of hydrogen-bond acceptors (Lipinski definition) is 5. The largest absolute Gasteiger partial charge is 0.342 e. The molecule has 174 valence electrons. The van der Waals surface area contributed by atoms with Crippen LogP contribution in [0.4, 0.5) is 8.78 Å². The Labute approximate surface area is 193 Å². The summed E-state index contributed by atoms with van der Waals surface area (Å²) in [4.78, 5) is 34.5. The summed E-state index contributed by atoms with van der Waals surface area (Å²) in [6, 6.07) is 12.0. The highest BCUT2D eigenvalue weighted by molar-refractivity contribution is 5.78. The fourth-order valence-corrected chi connectivity index (χ4v) is 4.24. The minimum atomic E-state index is -0.361. The molecule has 0 bridgehead atoms. The molecule has 5 rings (SSSR count). The number of hydrogen-bond donors (Lipinski definition) is 1. The number of rotatable bonds is 5. The number of carbonyl (C=O) groups is 1. The fourth-order valence-electron chi connectivity index (χ4n) is 4.24. The first-order valence-corrected chi connectivity index (χ1v) is 11.1. The molecule has 1 amide bonds. The molecule has 0 unspecified atom stereocenters. The first-order chi connectivity index (χ1) is 16.5. The number of amides is 1. The van der Waals surface area contributed by atoms with Crippen LogP contribution in [0.1, 0.15) is 35.7 Å². The predicted molar refractivity (Wildman–Crippen MR) is 120 cm³/mol. The Morgan fingerprint density at radius 2 is 1.59 bits per heavy atom. The van der Waals surface area contributed by atoms with Gasteiger partial charge in [0.15, 0.2) is 11.2 Å². The van der Waals surface area contributed by atoms with E-state index in [2.05, 4.69) is 20.3 Å². The number of halogens is 2. The Morgan fingerprint density at radius 1 is 0.971 bits per heavy atom. The van der Waals surface area contributed by atoms with Gasteiger partial charge < -0.3 is 9.88 Å². The summed E-state index contributed by atoms with van der Waals surface area (Å²) in [6.45, 7) is 1.39. The van der Waals surface area contributed by atoms with E-state index in [1.165, 1.54) is 28.9 Å². The van der Waals surface area contributed by atoms with Crippen molar-refractivity contribution in [2.75, 3.05) is 13.1 Å². The number of carbonyl (C=O) groups excluding carboxylic acids is 1. The number of likely N-dealkylation sites (tertiary alicyclic amines) is 1. The summed E-state index contributed by atoms with van der Waals surface area (Å²) in [6.07, 6.45) is 1.53. The summed E-state index contributed by atoms with van der Waals surface area (Å²) in [5.41, 5.74) is 1.74. The van der Waals surface area contributed by atoms with Crippen molar-refractivity contribution in [2.45, 2.75) is 31.7 Å². The van der Waals surface area contributed by atoms with E-state index in [0.29, 0.717) is 43.9 Å². The molecule has 2 aromatic heterocycles. The summed E-state index contributed by atoms with van der Waals surface area (Å²) < 4.78 is 27.8. The number of nitrogens with one attached hydrogen (secondary N) is 1. The van der Waals surface area contributed by atoms with Gasteiger partial charge in [-0.2, -0.15) is 0 Å². The zero-order valence-electron chi connectivity index (χ0n) is 18.2. The van der Waals surface area contributed by atoms with E-state index in [1.54, 1.807) is 29.2 Å². The summed E-state index contributed by atoms with van der Waals surface area (Å²) in [5.74, 6) is -0.133. The molecule has 0 saturated carbocycles. The third-order valence-corrected chi connectivity index (χ3v) is 6.14. The molecule has 2 aromatic carbocycles. The second-order valence-corrected chi connectivity index (χ2v) is 8.46. The molecule has 8 nitrogen and oxygen atoms in total. The Bertz CT molecular complexity index is 1370. The minimum Gasteiger partial charge on any atom is -0.342 e. The predicted octanol–water partition coefficient (Wildman–Crippen LogP) is 2.79. The standard InChI is InChI=1S/C24H22F2N6O2/c25-18-5-1-15(2-6-18)13-20(33)31-11-9-17(10-12-31)22-27-23-21(24(34)28-22)29-30-32(23)14-16-3-7-19(26)8-4-16/h1-8,17H,9-14H2,(H,27,28,34). The van der Waals surface area contributed by atoms with Crippen LogP contribution in [0.2, 0.25) is 0 Å². The Hall–Kier alpha value is -3.95. The van der Waals surface area contributed by atoms with Gasteiger partial charge in [0.05, 0.1) is 13.0 Å². The van der Waals surface area contributed by atoms with E-state index >= 15 is 0 Å². The smallest absolute Gasteiger partial charge is 0.281 e. The van der Waals surface area contributed by atoms with Crippen molar-refractivity contribution in [1.82, 2.24) is 29.9 Å². The highest BCUT2D eigenvalue weighted by Crippen LogP contribution is 2.26. The number of aromatic amines is 1. The van der Waals surface area contributed by atoms with Crippen LogP contribution in [-0.2, 0) is 17.8 Å². The zero-order chi connectivity index (χ0) is 23.7. The first kappa shape index (κ1) is 21.9. The van der Waals surface area contributed by atoms with E-state index < -0.39 is 0 Å². The molecule has 1 aliphatic rings. The van der Waals surface area contributed by atoms with Crippen LogP contribution >= 0.6 is 0 Å². The van der Waals surface area contributed by atoms with E-state index in [0.717, 1.165) is 11.1 Å². The molecule has 34 heavy (non-hydrogen) atoms. The van der Waals surface area contributed by atoms with Gasteiger partial charge in [0.2, 0.25) is 5.91 Å². The SMILES string of the molecule is O=C(Cc1ccc(F)cc1)N1CCC(c2nc3c(nnn3Cc3ccc(F)cc3)c(=O)[nH]2)CC1. The number of benzene rings is 2.